The molecule has 0 aliphatic carbocycles. The Labute approximate surface area is 93.7 Å². The van der Waals surface area contributed by atoms with Crippen molar-refractivity contribution in [2.45, 2.75) is 19.4 Å². The third-order valence-corrected chi connectivity index (χ3v) is 2.70. The van der Waals surface area contributed by atoms with Gasteiger partial charge in [-0.2, -0.15) is 0 Å². The highest BCUT2D eigenvalue weighted by Gasteiger charge is 2.08. The summed E-state index contributed by atoms with van der Waals surface area (Å²) in [6.45, 7) is 2.96. The normalized spacial score (nSPS) is 12.7. The van der Waals surface area contributed by atoms with Gasteiger partial charge in [0, 0.05) is 6.54 Å². The number of aromatic nitrogens is 3. The van der Waals surface area contributed by atoms with Crippen LogP contribution >= 0.6 is 11.6 Å². The zero-order valence-electron chi connectivity index (χ0n) is 8.47. The van der Waals surface area contributed by atoms with Crippen LogP contribution in [0.2, 0.25) is 5.28 Å². The van der Waals surface area contributed by atoms with Crippen molar-refractivity contribution in [1.82, 2.24) is 14.8 Å². The molecule has 0 saturated heterocycles. The molecule has 0 fully saturated rings. The minimum absolute atomic E-state index is 0.402. The molecule has 0 bridgehead atoms. The van der Waals surface area contributed by atoms with Crippen molar-refractivity contribution in [3.8, 4) is 0 Å². The van der Waals surface area contributed by atoms with E-state index in [2.05, 4.69) is 29.3 Å². The topological polar surface area (TPSA) is 30.7 Å². The van der Waals surface area contributed by atoms with E-state index in [9.17, 15) is 0 Å². The zero-order valence-corrected chi connectivity index (χ0v) is 9.22. The Morgan fingerprint density at radius 3 is 2.67 bits per heavy atom. The predicted molar refractivity (Wildman–Crippen MR) is 59.9 cm³/mol. The fourth-order valence-electron chi connectivity index (χ4n) is 1.55. The van der Waals surface area contributed by atoms with E-state index in [-0.39, 0.29) is 0 Å². The average molecular weight is 222 g/mol. The summed E-state index contributed by atoms with van der Waals surface area (Å²) in [6, 6.07) is 10.3. The molecule has 2 rings (SSSR count). The van der Waals surface area contributed by atoms with Gasteiger partial charge in [-0.3, -0.25) is 0 Å². The van der Waals surface area contributed by atoms with Crippen molar-refractivity contribution in [3.05, 3.63) is 47.5 Å². The Morgan fingerprint density at radius 1 is 1.33 bits per heavy atom. The van der Waals surface area contributed by atoms with Crippen LogP contribution in [0.3, 0.4) is 0 Å². The van der Waals surface area contributed by atoms with Crippen LogP contribution in [0.5, 0.6) is 0 Å². The van der Waals surface area contributed by atoms with Crippen LogP contribution in [0.25, 0.3) is 0 Å². The lowest BCUT2D eigenvalue weighted by molar-refractivity contribution is 0.596. The molecule has 1 atom stereocenters. The van der Waals surface area contributed by atoms with Gasteiger partial charge in [-0.25, -0.2) is 0 Å². The highest BCUT2D eigenvalue weighted by Crippen LogP contribution is 2.18. The van der Waals surface area contributed by atoms with Gasteiger partial charge in [0.25, 0.3) is 0 Å². The summed E-state index contributed by atoms with van der Waals surface area (Å²) in [5.74, 6) is 0.402. The third-order valence-electron chi connectivity index (χ3n) is 2.41. The van der Waals surface area contributed by atoms with Gasteiger partial charge in [-0.05, 0) is 23.1 Å². The Bertz CT molecular complexity index is 424. The molecular formula is C11H12ClN3. The van der Waals surface area contributed by atoms with Gasteiger partial charge in [0.05, 0.1) is 0 Å². The summed E-state index contributed by atoms with van der Waals surface area (Å²) >= 11 is 5.86. The first-order valence-electron chi connectivity index (χ1n) is 4.85. The number of hydrogen-bond donors (Lipinski definition) is 0. The van der Waals surface area contributed by atoms with Crippen molar-refractivity contribution < 1.29 is 0 Å². The maximum Gasteiger partial charge on any atom is 0.224 e. The molecule has 0 amide bonds. The number of hydrogen-bond acceptors (Lipinski definition) is 2. The fourth-order valence-corrected chi connectivity index (χ4v) is 1.70. The molecule has 0 N–H and O–H groups in total. The Balaban J connectivity index is 2.11. The van der Waals surface area contributed by atoms with Crippen molar-refractivity contribution >= 4 is 11.6 Å². The minimum Gasteiger partial charge on any atom is -0.304 e. The molecule has 3 nitrogen and oxygen atoms in total. The molecule has 4 heteroatoms. The van der Waals surface area contributed by atoms with E-state index in [4.69, 9.17) is 11.6 Å². The van der Waals surface area contributed by atoms with E-state index in [1.54, 1.807) is 6.33 Å². The summed E-state index contributed by atoms with van der Waals surface area (Å²) in [5, 5.41) is 7.93. The lowest BCUT2D eigenvalue weighted by Crippen LogP contribution is -2.05. The number of benzene rings is 1. The molecule has 1 unspecified atom stereocenters. The molecule has 15 heavy (non-hydrogen) atoms. The molecule has 78 valence electrons. The van der Waals surface area contributed by atoms with Crippen molar-refractivity contribution in [2.75, 3.05) is 0 Å². The minimum atomic E-state index is 0.402. The molecular weight excluding hydrogens is 210 g/mol. The monoisotopic (exact) mass is 221 g/mol. The molecule has 0 aliphatic rings. The van der Waals surface area contributed by atoms with Crippen LogP contribution in [0.1, 0.15) is 18.4 Å². The Kier molecular flexibility index (Phi) is 3.02. The van der Waals surface area contributed by atoms with Crippen LogP contribution in [0.15, 0.2) is 36.7 Å². The lowest BCUT2D eigenvalue weighted by Gasteiger charge is -2.12. The fraction of sp³-hybridized carbons (Fsp3) is 0.273. The van der Waals surface area contributed by atoms with Gasteiger partial charge < -0.3 is 4.57 Å². The van der Waals surface area contributed by atoms with E-state index in [0.717, 1.165) is 6.54 Å². The summed E-state index contributed by atoms with van der Waals surface area (Å²) < 4.78 is 1.85. The molecule has 0 saturated carbocycles. The van der Waals surface area contributed by atoms with Gasteiger partial charge in [0.15, 0.2) is 0 Å². The number of rotatable bonds is 3. The summed E-state index contributed by atoms with van der Waals surface area (Å²) in [7, 11) is 0. The number of halogens is 1. The summed E-state index contributed by atoms with van der Waals surface area (Å²) in [6.07, 6.45) is 1.65. The first-order chi connectivity index (χ1) is 7.27. The first-order valence-corrected chi connectivity index (χ1v) is 5.23. The standard InChI is InChI=1S/C11H12ClN3/c1-9(10-5-3-2-4-6-10)7-15-8-13-14-11(15)12/h2-6,8-9H,7H2,1H3. The maximum absolute atomic E-state index is 5.86. The summed E-state index contributed by atoms with van der Waals surface area (Å²) in [5.41, 5.74) is 1.29. The second-order valence-electron chi connectivity index (χ2n) is 3.56. The highest BCUT2D eigenvalue weighted by atomic mass is 35.5. The average Bonchev–Trinajstić information content (AvgIpc) is 2.66. The molecule has 1 heterocycles. The molecule has 0 spiro atoms. The van der Waals surface area contributed by atoms with Gasteiger partial charge >= 0.3 is 0 Å². The maximum atomic E-state index is 5.86. The molecule has 1 aromatic carbocycles. The second kappa shape index (κ2) is 4.45. The predicted octanol–water partition coefficient (Wildman–Crippen LogP) is 2.74. The van der Waals surface area contributed by atoms with Crippen LogP contribution in [-0.4, -0.2) is 14.8 Å². The quantitative estimate of drug-likeness (QED) is 0.798. The van der Waals surface area contributed by atoms with Crippen LogP contribution in [-0.2, 0) is 6.54 Å². The van der Waals surface area contributed by atoms with E-state index >= 15 is 0 Å². The van der Waals surface area contributed by atoms with E-state index < -0.39 is 0 Å². The Hall–Kier alpha value is -1.35. The molecule has 0 radical (unpaired) electrons. The molecule has 1 aromatic heterocycles. The number of nitrogens with zero attached hydrogens (tertiary/aromatic N) is 3. The van der Waals surface area contributed by atoms with Gasteiger partial charge in [0.2, 0.25) is 5.28 Å². The van der Waals surface area contributed by atoms with Crippen LogP contribution < -0.4 is 0 Å². The SMILES string of the molecule is CC(Cn1cnnc1Cl)c1ccccc1. The van der Waals surface area contributed by atoms with Crippen molar-refractivity contribution in [1.29, 1.82) is 0 Å². The third kappa shape index (κ3) is 2.36. The van der Waals surface area contributed by atoms with Gasteiger partial charge in [-0.15, -0.1) is 10.2 Å². The first kappa shape index (κ1) is 10.2. The van der Waals surface area contributed by atoms with Gasteiger partial charge in [0.1, 0.15) is 6.33 Å². The summed E-state index contributed by atoms with van der Waals surface area (Å²) in [4.78, 5) is 0. The lowest BCUT2D eigenvalue weighted by atomic mass is 10.0. The van der Waals surface area contributed by atoms with Crippen LogP contribution in [0.4, 0.5) is 0 Å². The van der Waals surface area contributed by atoms with Crippen LogP contribution in [0, 0.1) is 0 Å². The van der Waals surface area contributed by atoms with E-state index in [0.29, 0.717) is 11.2 Å². The van der Waals surface area contributed by atoms with Crippen molar-refractivity contribution in [3.63, 3.8) is 0 Å². The Morgan fingerprint density at radius 2 is 2.07 bits per heavy atom. The highest BCUT2D eigenvalue weighted by molar-refractivity contribution is 6.28. The smallest absolute Gasteiger partial charge is 0.224 e. The van der Waals surface area contributed by atoms with Gasteiger partial charge in [-0.1, -0.05) is 37.3 Å². The zero-order chi connectivity index (χ0) is 10.7. The largest absolute Gasteiger partial charge is 0.304 e. The van der Waals surface area contributed by atoms with E-state index in [1.165, 1.54) is 5.56 Å². The molecule has 0 aliphatic heterocycles. The second-order valence-corrected chi connectivity index (χ2v) is 3.90. The van der Waals surface area contributed by atoms with Crippen molar-refractivity contribution in [2.24, 2.45) is 0 Å². The molecule has 2 aromatic rings. The van der Waals surface area contributed by atoms with E-state index in [1.807, 2.05) is 22.8 Å².